The van der Waals surface area contributed by atoms with Gasteiger partial charge in [-0.2, -0.15) is 4.98 Å². The molecule has 0 atom stereocenters. The van der Waals surface area contributed by atoms with Gasteiger partial charge < -0.3 is 24.6 Å². The Hall–Kier alpha value is -3.81. The number of carbonyl (C=O) groups is 1. The molecule has 0 saturated carbocycles. The largest absolute Gasteiger partial charge is 0.454 e. The molecule has 0 unspecified atom stereocenters. The second-order valence-corrected chi connectivity index (χ2v) is 8.03. The SMILES string of the molecule is Cc1ccc(Nc2cc(C)nc(N3CCN(C(=O)c4ccc5c(c4)OCO5)CC3)n2)cc1. The van der Waals surface area contributed by atoms with Crippen molar-refractivity contribution in [2.24, 2.45) is 0 Å². The summed E-state index contributed by atoms with van der Waals surface area (Å²) in [6, 6.07) is 15.5. The zero-order valence-electron chi connectivity index (χ0n) is 18.2. The molecular weight excluding hydrogens is 406 g/mol. The first-order chi connectivity index (χ1) is 15.5. The second-order valence-electron chi connectivity index (χ2n) is 8.03. The van der Waals surface area contributed by atoms with Gasteiger partial charge in [-0.1, -0.05) is 17.7 Å². The van der Waals surface area contributed by atoms with Gasteiger partial charge in [-0.3, -0.25) is 4.79 Å². The first-order valence-corrected chi connectivity index (χ1v) is 10.7. The van der Waals surface area contributed by atoms with Crippen LogP contribution in [0, 0.1) is 13.8 Å². The van der Waals surface area contributed by atoms with Crippen LogP contribution in [0.4, 0.5) is 17.5 Å². The van der Waals surface area contributed by atoms with Gasteiger partial charge in [0.05, 0.1) is 0 Å². The monoisotopic (exact) mass is 431 g/mol. The van der Waals surface area contributed by atoms with Gasteiger partial charge in [0.1, 0.15) is 5.82 Å². The van der Waals surface area contributed by atoms with Crippen molar-refractivity contribution in [3.63, 3.8) is 0 Å². The highest BCUT2D eigenvalue weighted by Crippen LogP contribution is 2.33. The van der Waals surface area contributed by atoms with Crippen molar-refractivity contribution in [2.45, 2.75) is 13.8 Å². The summed E-state index contributed by atoms with van der Waals surface area (Å²) in [6.07, 6.45) is 0. The van der Waals surface area contributed by atoms with Crippen LogP contribution in [0.3, 0.4) is 0 Å². The van der Waals surface area contributed by atoms with Crippen LogP contribution in [0.25, 0.3) is 0 Å². The number of amides is 1. The molecule has 1 N–H and O–H groups in total. The Morgan fingerprint density at radius 3 is 2.44 bits per heavy atom. The molecule has 2 aromatic carbocycles. The van der Waals surface area contributed by atoms with E-state index in [1.807, 2.05) is 30.0 Å². The minimum absolute atomic E-state index is 0.00478. The molecule has 8 nitrogen and oxygen atoms in total. The number of hydrogen-bond donors (Lipinski definition) is 1. The summed E-state index contributed by atoms with van der Waals surface area (Å²) >= 11 is 0. The van der Waals surface area contributed by atoms with Crippen molar-refractivity contribution < 1.29 is 14.3 Å². The Labute approximate surface area is 186 Å². The predicted octanol–water partition coefficient (Wildman–Crippen LogP) is 3.53. The van der Waals surface area contributed by atoms with Gasteiger partial charge in [-0.15, -0.1) is 0 Å². The van der Waals surface area contributed by atoms with Gasteiger partial charge in [0.25, 0.3) is 5.91 Å². The highest BCUT2D eigenvalue weighted by Gasteiger charge is 2.25. The summed E-state index contributed by atoms with van der Waals surface area (Å²) in [7, 11) is 0. The highest BCUT2D eigenvalue weighted by molar-refractivity contribution is 5.95. The third kappa shape index (κ3) is 4.16. The maximum Gasteiger partial charge on any atom is 0.254 e. The summed E-state index contributed by atoms with van der Waals surface area (Å²) in [5.74, 6) is 2.73. The number of anilines is 3. The van der Waals surface area contributed by atoms with Gasteiger partial charge in [0, 0.05) is 49.2 Å². The number of aryl methyl sites for hydroxylation is 2. The number of hydrogen-bond acceptors (Lipinski definition) is 7. The minimum Gasteiger partial charge on any atom is -0.454 e. The molecule has 0 radical (unpaired) electrons. The Morgan fingerprint density at radius 1 is 0.906 bits per heavy atom. The van der Waals surface area contributed by atoms with E-state index in [0.29, 0.717) is 49.2 Å². The van der Waals surface area contributed by atoms with Crippen molar-refractivity contribution in [3.05, 3.63) is 65.4 Å². The van der Waals surface area contributed by atoms with Gasteiger partial charge in [-0.25, -0.2) is 4.98 Å². The fraction of sp³-hybridized carbons (Fsp3) is 0.292. The number of rotatable bonds is 4. The molecule has 3 aromatic rings. The molecule has 1 saturated heterocycles. The number of fused-ring (bicyclic) bond motifs is 1. The number of aromatic nitrogens is 2. The van der Waals surface area contributed by atoms with E-state index >= 15 is 0 Å². The molecular formula is C24H25N5O3. The van der Waals surface area contributed by atoms with Crippen LogP contribution >= 0.6 is 0 Å². The van der Waals surface area contributed by atoms with Crippen LogP contribution in [0.15, 0.2) is 48.5 Å². The van der Waals surface area contributed by atoms with Crippen LogP contribution in [0.1, 0.15) is 21.6 Å². The molecule has 2 aliphatic rings. The average molecular weight is 431 g/mol. The smallest absolute Gasteiger partial charge is 0.254 e. The van der Waals surface area contributed by atoms with E-state index in [2.05, 4.69) is 34.3 Å². The van der Waals surface area contributed by atoms with E-state index in [1.165, 1.54) is 5.56 Å². The second kappa shape index (κ2) is 8.37. The molecule has 164 valence electrons. The predicted molar refractivity (Wildman–Crippen MR) is 122 cm³/mol. The molecule has 32 heavy (non-hydrogen) atoms. The fourth-order valence-electron chi connectivity index (χ4n) is 3.86. The molecule has 8 heteroatoms. The first kappa shape index (κ1) is 20.1. The Bertz CT molecular complexity index is 1140. The van der Waals surface area contributed by atoms with E-state index in [9.17, 15) is 4.79 Å². The van der Waals surface area contributed by atoms with Gasteiger partial charge in [0.15, 0.2) is 11.5 Å². The fourth-order valence-corrected chi connectivity index (χ4v) is 3.86. The molecule has 0 spiro atoms. The van der Waals surface area contributed by atoms with Crippen LogP contribution in [0.2, 0.25) is 0 Å². The molecule has 1 aromatic heterocycles. The zero-order valence-corrected chi connectivity index (χ0v) is 18.2. The van der Waals surface area contributed by atoms with E-state index < -0.39 is 0 Å². The number of ether oxygens (including phenoxy) is 2. The zero-order chi connectivity index (χ0) is 22.1. The lowest BCUT2D eigenvalue weighted by atomic mass is 10.1. The summed E-state index contributed by atoms with van der Waals surface area (Å²) < 4.78 is 10.7. The van der Waals surface area contributed by atoms with Crippen LogP contribution < -0.4 is 19.7 Å². The van der Waals surface area contributed by atoms with E-state index in [0.717, 1.165) is 17.2 Å². The summed E-state index contributed by atoms with van der Waals surface area (Å²) in [5, 5.41) is 3.36. The van der Waals surface area contributed by atoms with Crippen molar-refractivity contribution in [1.29, 1.82) is 0 Å². The minimum atomic E-state index is -0.00478. The quantitative estimate of drug-likeness (QED) is 0.677. The Morgan fingerprint density at radius 2 is 1.66 bits per heavy atom. The number of benzene rings is 2. The molecule has 3 heterocycles. The van der Waals surface area contributed by atoms with Gasteiger partial charge in [0.2, 0.25) is 12.7 Å². The van der Waals surface area contributed by atoms with Crippen molar-refractivity contribution in [3.8, 4) is 11.5 Å². The Balaban J connectivity index is 1.25. The average Bonchev–Trinajstić information content (AvgIpc) is 3.28. The van der Waals surface area contributed by atoms with Crippen molar-refractivity contribution >= 4 is 23.4 Å². The summed E-state index contributed by atoms with van der Waals surface area (Å²) in [5.41, 5.74) is 3.70. The normalized spacial score (nSPS) is 15.1. The van der Waals surface area contributed by atoms with Crippen LogP contribution in [-0.2, 0) is 0 Å². The van der Waals surface area contributed by atoms with Crippen molar-refractivity contribution in [1.82, 2.24) is 14.9 Å². The van der Waals surface area contributed by atoms with Crippen LogP contribution in [0.5, 0.6) is 11.5 Å². The third-order valence-electron chi connectivity index (χ3n) is 5.64. The molecule has 5 rings (SSSR count). The standard InChI is InChI=1S/C24H25N5O3/c1-16-3-6-19(7-4-16)26-22-13-17(2)25-24(27-22)29-11-9-28(10-12-29)23(30)18-5-8-20-21(14-18)32-15-31-20/h3-8,13-14H,9-12,15H2,1-2H3,(H,25,26,27). The number of carbonyl (C=O) groups excluding carboxylic acids is 1. The molecule has 0 bridgehead atoms. The number of nitrogens with one attached hydrogen (secondary N) is 1. The van der Waals surface area contributed by atoms with E-state index in [1.54, 1.807) is 18.2 Å². The Kier molecular flexibility index (Phi) is 5.26. The molecule has 1 amide bonds. The lowest BCUT2D eigenvalue weighted by Gasteiger charge is -2.35. The number of nitrogens with zero attached hydrogens (tertiary/aromatic N) is 4. The maximum atomic E-state index is 12.9. The van der Waals surface area contributed by atoms with E-state index in [-0.39, 0.29) is 12.7 Å². The van der Waals surface area contributed by atoms with E-state index in [4.69, 9.17) is 14.5 Å². The topological polar surface area (TPSA) is 79.8 Å². The maximum absolute atomic E-state index is 12.9. The lowest BCUT2D eigenvalue weighted by Crippen LogP contribution is -2.49. The molecule has 0 aliphatic carbocycles. The number of piperazine rings is 1. The molecule has 1 fully saturated rings. The summed E-state index contributed by atoms with van der Waals surface area (Å²) in [6.45, 7) is 6.77. The van der Waals surface area contributed by atoms with Gasteiger partial charge >= 0.3 is 0 Å². The molecule has 2 aliphatic heterocycles. The van der Waals surface area contributed by atoms with Crippen LogP contribution in [-0.4, -0.2) is 53.7 Å². The third-order valence-corrected chi connectivity index (χ3v) is 5.64. The van der Waals surface area contributed by atoms with Crippen molar-refractivity contribution in [2.75, 3.05) is 43.2 Å². The first-order valence-electron chi connectivity index (χ1n) is 10.7. The lowest BCUT2D eigenvalue weighted by molar-refractivity contribution is 0.0745. The summed E-state index contributed by atoms with van der Waals surface area (Å²) in [4.78, 5) is 26.3. The van der Waals surface area contributed by atoms with Gasteiger partial charge in [-0.05, 0) is 44.2 Å². The highest BCUT2D eigenvalue weighted by atomic mass is 16.7.